The molecule has 0 unspecified atom stereocenters. The number of likely N-dealkylation sites (N-methyl/N-ethyl adjacent to an activating group) is 1. The van der Waals surface area contributed by atoms with E-state index in [0.29, 0.717) is 11.5 Å². The average molecular weight is 372 g/mol. The fourth-order valence-corrected chi connectivity index (χ4v) is 2.92. The Kier molecular flexibility index (Phi) is 5.93. The predicted molar refractivity (Wildman–Crippen MR) is 110 cm³/mol. The first-order valence-corrected chi connectivity index (χ1v) is 8.75. The predicted octanol–water partition coefficient (Wildman–Crippen LogP) is 4.43. The summed E-state index contributed by atoms with van der Waals surface area (Å²) in [6.45, 7) is -0.0557. The number of benzene rings is 3. The number of nitriles is 1. The van der Waals surface area contributed by atoms with Gasteiger partial charge in [-0.05, 0) is 35.2 Å². The average Bonchev–Trinajstić information content (AvgIpc) is 2.75. The van der Waals surface area contributed by atoms with Crippen LogP contribution in [0.15, 0.2) is 66.7 Å². The summed E-state index contributed by atoms with van der Waals surface area (Å²) in [5.41, 5.74) is 1.64. The number of methoxy groups -OCH3 is 1. The van der Waals surface area contributed by atoms with Crippen molar-refractivity contribution in [2.75, 3.05) is 25.7 Å². The molecular formula is C23H20N2O3. The van der Waals surface area contributed by atoms with E-state index in [4.69, 9.17) is 14.7 Å². The molecular weight excluding hydrogens is 352 g/mol. The summed E-state index contributed by atoms with van der Waals surface area (Å²) in [7, 11) is 3.29. The van der Waals surface area contributed by atoms with E-state index in [1.54, 1.807) is 36.2 Å². The van der Waals surface area contributed by atoms with Crippen molar-refractivity contribution in [1.82, 2.24) is 0 Å². The van der Waals surface area contributed by atoms with Crippen LogP contribution in [0, 0.1) is 11.3 Å². The van der Waals surface area contributed by atoms with Crippen LogP contribution in [-0.2, 0) is 4.79 Å². The largest absolute Gasteiger partial charge is 0.493 e. The summed E-state index contributed by atoms with van der Waals surface area (Å²) < 4.78 is 10.6. The maximum absolute atomic E-state index is 12.7. The molecule has 0 aliphatic carbocycles. The van der Waals surface area contributed by atoms with Gasteiger partial charge in [0.2, 0.25) is 0 Å². The van der Waals surface area contributed by atoms with Gasteiger partial charge in [-0.3, -0.25) is 4.79 Å². The van der Waals surface area contributed by atoms with Crippen LogP contribution in [0.2, 0.25) is 0 Å². The molecule has 5 nitrogen and oxygen atoms in total. The maximum Gasteiger partial charge on any atom is 0.250 e. The Balaban J connectivity index is 1.80. The lowest BCUT2D eigenvalue weighted by Gasteiger charge is -2.17. The van der Waals surface area contributed by atoms with Crippen molar-refractivity contribution in [2.45, 2.75) is 0 Å². The summed E-state index contributed by atoms with van der Waals surface area (Å²) in [5.74, 6) is 0.854. The van der Waals surface area contributed by atoms with Gasteiger partial charge in [-0.1, -0.05) is 42.5 Å². The summed E-state index contributed by atoms with van der Waals surface area (Å²) in [4.78, 5) is 14.3. The molecule has 0 fully saturated rings. The molecule has 3 rings (SSSR count). The molecule has 3 aromatic rings. The first-order chi connectivity index (χ1) is 13.6. The Hall–Kier alpha value is -3.78. The third kappa shape index (κ3) is 4.13. The van der Waals surface area contributed by atoms with E-state index < -0.39 is 0 Å². The van der Waals surface area contributed by atoms with Gasteiger partial charge in [0.05, 0.1) is 12.8 Å². The quantitative estimate of drug-likeness (QED) is 0.601. The zero-order valence-corrected chi connectivity index (χ0v) is 15.8. The number of hydrogen-bond donors (Lipinski definition) is 0. The molecule has 28 heavy (non-hydrogen) atoms. The van der Waals surface area contributed by atoms with Crippen molar-refractivity contribution in [3.8, 4) is 17.6 Å². The van der Waals surface area contributed by atoms with Crippen LogP contribution in [0.4, 0.5) is 5.69 Å². The van der Waals surface area contributed by atoms with E-state index in [-0.39, 0.29) is 12.5 Å². The highest BCUT2D eigenvalue weighted by molar-refractivity contribution is 6.08. The van der Waals surface area contributed by atoms with E-state index in [9.17, 15) is 4.79 Å². The number of nitrogens with zero attached hydrogens (tertiary/aromatic N) is 2. The normalized spacial score (nSPS) is 10.6. The van der Waals surface area contributed by atoms with Crippen molar-refractivity contribution in [2.24, 2.45) is 0 Å². The Bertz CT molecular complexity index is 1060. The third-order valence-electron chi connectivity index (χ3n) is 4.36. The number of amides is 1. The second-order valence-electron chi connectivity index (χ2n) is 6.09. The lowest BCUT2D eigenvalue weighted by Crippen LogP contribution is -2.24. The van der Waals surface area contributed by atoms with E-state index >= 15 is 0 Å². The SMILES string of the molecule is COc1cc(/C=C/C(=O)N(C)c2cccc3ccccc23)ccc1OCC#N. The molecule has 3 aromatic carbocycles. The van der Waals surface area contributed by atoms with E-state index in [2.05, 4.69) is 0 Å². The lowest BCUT2D eigenvalue weighted by molar-refractivity contribution is -0.113. The van der Waals surface area contributed by atoms with Gasteiger partial charge in [0, 0.05) is 18.5 Å². The van der Waals surface area contributed by atoms with Crippen LogP contribution in [0.25, 0.3) is 16.8 Å². The van der Waals surface area contributed by atoms with Gasteiger partial charge < -0.3 is 14.4 Å². The molecule has 0 spiro atoms. The molecule has 0 radical (unpaired) electrons. The first-order valence-electron chi connectivity index (χ1n) is 8.75. The van der Waals surface area contributed by atoms with Gasteiger partial charge >= 0.3 is 0 Å². The minimum atomic E-state index is -0.139. The first kappa shape index (κ1) is 19.0. The van der Waals surface area contributed by atoms with E-state index in [0.717, 1.165) is 22.0 Å². The topological polar surface area (TPSA) is 62.6 Å². The Labute approximate surface area is 164 Å². The number of carbonyl (C=O) groups is 1. The van der Waals surface area contributed by atoms with Gasteiger partial charge in [-0.15, -0.1) is 0 Å². The van der Waals surface area contributed by atoms with Crippen LogP contribution in [-0.4, -0.2) is 26.7 Å². The molecule has 0 bridgehead atoms. The fraction of sp³-hybridized carbons (Fsp3) is 0.130. The van der Waals surface area contributed by atoms with Crippen molar-refractivity contribution in [3.05, 3.63) is 72.3 Å². The minimum absolute atomic E-state index is 0.0557. The molecule has 0 aliphatic heterocycles. The van der Waals surface area contributed by atoms with Crippen LogP contribution < -0.4 is 14.4 Å². The standard InChI is InChI=1S/C23H20N2O3/c1-25(20-9-5-7-18-6-3-4-8-19(18)20)23(26)13-11-17-10-12-21(28-15-14-24)22(16-17)27-2/h3-13,16H,15H2,1-2H3/b13-11+. The molecule has 0 aliphatic rings. The molecule has 0 heterocycles. The summed E-state index contributed by atoms with van der Waals surface area (Å²) in [6, 6.07) is 21.1. The smallest absolute Gasteiger partial charge is 0.250 e. The summed E-state index contributed by atoms with van der Waals surface area (Å²) in [6.07, 6.45) is 3.24. The molecule has 140 valence electrons. The molecule has 0 aromatic heterocycles. The number of fused-ring (bicyclic) bond motifs is 1. The van der Waals surface area contributed by atoms with Gasteiger partial charge in [0.15, 0.2) is 18.1 Å². The number of ether oxygens (including phenoxy) is 2. The van der Waals surface area contributed by atoms with Crippen molar-refractivity contribution in [1.29, 1.82) is 5.26 Å². The van der Waals surface area contributed by atoms with E-state index in [1.807, 2.05) is 48.5 Å². The van der Waals surface area contributed by atoms with Gasteiger partial charge in [-0.25, -0.2) is 0 Å². The zero-order valence-electron chi connectivity index (χ0n) is 15.8. The molecule has 0 saturated heterocycles. The highest BCUT2D eigenvalue weighted by atomic mass is 16.5. The van der Waals surface area contributed by atoms with Crippen LogP contribution >= 0.6 is 0 Å². The maximum atomic E-state index is 12.7. The van der Waals surface area contributed by atoms with Gasteiger partial charge in [0.25, 0.3) is 5.91 Å². The van der Waals surface area contributed by atoms with Crippen molar-refractivity contribution < 1.29 is 14.3 Å². The second-order valence-corrected chi connectivity index (χ2v) is 6.09. The third-order valence-corrected chi connectivity index (χ3v) is 4.36. The Morgan fingerprint density at radius 2 is 1.89 bits per heavy atom. The molecule has 1 amide bonds. The number of hydrogen-bond acceptors (Lipinski definition) is 4. The minimum Gasteiger partial charge on any atom is -0.493 e. The number of carbonyl (C=O) groups excluding carboxylic acids is 1. The summed E-state index contributed by atoms with van der Waals surface area (Å²) in [5, 5.41) is 10.7. The number of rotatable bonds is 6. The molecule has 0 atom stereocenters. The highest BCUT2D eigenvalue weighted by Gasteiger charge is 2.11. The number of anilines is 1. The molecule has 0 N–H and O–H groups in total. The zero-order chi connectivity index (χ0) is 19.9. The molecule has 0 saturated carbocycles. The van der Waals surface area contributed by atoms with Crippen LogP contribution in [0.3, 0.4) is 0 Å². The molecule has 5 heteroatoms. The van der Waals surface area contributed by atoms with Gasteiger partial charge in [0.1, 0.15) is 6.07 Å². The Morgan fingerprint density at radius 3 is 2.68 bits per heavy atom. The van der Waals surface area contributed by atoms with Crippen LogP contribution in [0.1, 0.15) is 5.56 Å². The summed E-state index contributed by atoms with van der Waals surface area (Å²) >= 11 is 0. The van der Waals surface area contributed by atoms with E-state index in [1.165, 1.54) is 13.2 Å². The van der Waals surface area contributed by atoms with Crippen LogP contribution in [0.5, 0.6) is 11.5 Å². The second kappa shape index (κ2) is 8.74. The van der Waals surface area contributed by atoms with Crippen molar-refractivity contribution >= 4 is 28.4 Å². The lowest BCUT2D eigenvalue weighted by atomic mass is 10.1. The van der Waals surface area contributed by atoms with Gasteiger partial charge in [-0.2, -0.15) is 5.26 Å². The highest BCUT2D eigenvalue weighted by Crippen LogP contribution is 2.29. The van der Waals surface area contributed by atoms with Crippen molar-refractivity contribution in [3.63, 3.8) is 0 Å². The Morgan fingerprint density at radius 1 is 1.11 bits per heavy atom. The fourth-order valence-electron chi connectivity index (χ4n) is 2.92. The monoisotopic (exact) mass is 372 g/mol.